The molecular weight excluding hydrogens is 306 g/mol. The van der Waals surface area contributed by atoms with E-state index < -0.39 is 12.5 Å². The molecule has 0 radical (unpaired) electrons. The van der Waals surface area contributed by atoms with E-state index in [4.69, 9.17) is 5.73 Å². The number of nitrogens with one attached hydrogen (secondary N) is 1. The lowest BCUT2D eigenvalue weighted by molar-refractivity contribution is -0.111. The minimum absolute atomic E-state index is 0.0260. The van der Waals surface area contributed by atoms with Gasteiger partial charge in [-0.3, -0.25) is 4.79 Å². The van der Waals surface area contributed by atoms with Gasteiger partial charge >= 0.3 is 6.61 Å². The predicted octanol–water partition coefficient (Wildman–Crippen LogP) is 1.74. The maximum absolute atomic E-state index is 12.5. The molecule has 1 aromatic carbocycles. The molecule has 6 nitrogen and oxygen atoms in total. The van der Waals surface area contributed by atoms with Gasteiger partial charge in [0.2, 0.25) is 5.91 Å². The zero-order valence-corrected chi connectivity index (χ0v) is 13.1. The Morgan fingerprint density at radius 2 is 2.17 bits per heavy atom. The van der Waals surface area contributed by atoms with Gasteiger partial charge in [0.05, 0.1) is 17.1 Å². The molecule has 1 aliphatic heterocycles. The smallest absolute Gasteiger partial charge is 0.387 e. The van der Waals surface area contributed by atoms with Gasteiger partial charge in [0, 0.05) is 25.2 Å². The van der Waals surface area contributed by atoms with Gasteiger partial charge in [0.15, 0.2) is 5.75 Å². The summed E-state index contributed by atoms with van der Waals surface area (Å²) in [4.78, 5) is 15.6. The van der Waals surface area contributed by atoms with E-state index in [9.17, 15) is 13.6 Å². The Morgan fingerprint density at radius 3 is 2.70 bits per heavy atom. The van der Waals surface area contributed by atoms with Crippen LogP contribution in [-0.4, -0.2) is 50.6 Å². The van der Waals surface area contributed by atoms with E-state index in [2.05, 4.69) is 21.5 Å². The van der Waals surface area contributed by atoms with Crippen LogP contribution in [-0.2, 0) is 4.79 Å². The van der Waals surface area contributed by atoms with Crippen molar-refractivity contribution in [3.05, 3.63) is 24.8 Å². The van der Waals surface area contributed by atoms with E-state index >= 15 is 0 Å². The van der Waals surface area contributed by atoms with E-state index in [-0.39, 0.29) is 11.4 Å². The van der Waals surface area contributed by atoms with Crippen LogP contribution in [0.5, 0.6) is 5.75 Å². The molecule has 1 aromatic rings. The number of carbonyl (C=O) groups excluding carboxylic acids is 1. The van der Waals surface area contributed by atoms with E-state index in [0.717, 1.165) is 6.08 Å². The second-order valence-electron chi connectivity index (χ2n) is 5.50. The van der Waals surface area contributed by atoms with E-state index in [1.807, 2.05) is 19.0 Å². The molecule has 23 heavy (non-hydrogen) atoms. The van der Waals surface area contributed by atoms with E-state index in [0.29, 0.717) is 30.5 Å². The highest BCUT2D eigenvalue weighted by atomic mass is 19.3. The molecule has 1 heterocycles. The molecular formula is C15H20F2N4O2. The lowest BCUT2D eigenvalue weighted by Crippen LogP contribution is -2.57. The van der Waals surface area contributed by atoms with Crippen molar-refractivity contribution in [1.29, 1.82) is 0 Å². The fourth-order valence-electron chi connectivity index (χ4n) is 2.31. The monoisotopic (exact) mass is 326 g/mol. The minimum Gasteiger partial charge on any atom is -0.433 e. The quantitative estimate of drug-likeness (QED) is 0.615. The lowest BCUT2D eigenvalue weighted by Gasteiger charge is -2.45. The van der Waals surface area contributed by atoms with Crippen LogP contribution in [0.15, 0.2) is 24.8 Å². The number of amides is 1. The van der Waals surface area contributed by atoms with Crippen LogP contribution in [0, 0.1) is 0 Å². The Bertz CT molecular complexity index is 601. The Labute approximate surface area is 133 Å². The van der Waals surface area contributed by atoms with Crippen molar-refractivity contribution in [2.24, 2.45) is 0 Å². The fourth-order valence-corrected chi connectivity index (χ4v) is 2.31. The molecule has 0 aromatic heterocycles. The van der Waals surface area contributed by atoms with Crippen LogP contribution in [0.2, 0.25) is 0 Å². The van der Waals surface area contributed by atoms with Gasteiger partial charge in [-0.1, -0.05) is 6.58 Å². The lowest BCUT2D eigenvalue weighted by atomic mass is 10.1. The molecule has 0 bridgehead atoms. The molecule has 1 aliphatic rings. The van der Waals surface area contributed by atoms with Crippen molar-refractivity contribution in [2.75, 3.05) is 43.1 Å². The normalized spacial score (nSPS) is 14.8. The molecule has 8 heteroatoms. The molecule has 0 saturated carbocycles. The van der Waals surface area contributed by atoms with Gasteiger partial charge in [0.25, 0.3) is 0 Å². The van der Waals surface area contributed by atoms with Gasteiger partial charge in [-0.15, -0.1) is 0 Å². The molecule has 0 unspecified atom stereocenters. The first-order chi connectivity index (χ1) is 10.8. The van der Waals surface area contributed by atoms with Crippen molar-refractivity contribution < 1.29 is 18.3 Å². The van der Waals surface area contributed by atoms with Crippen LogP contribution >= 0.6 is 0 Å². The number of hydrogen-bond acceptors (Lipinski definition) is 5. The van der Waals surface area contributed by atoms with Gasteiger partial charge in [-0.2, -0.15) is 8.78 Å². The Kier molecular flexibility index (Phi) is 5.05. The largest absolute Gasteiger partial charge is 0.433 e. The third-order valence-electron chi connectivity index (χ3n) is 3.72. The highest BCUT2D eigenvalue weighted by molar-refractivity contribution is 6.02. The van der Waals surface area contributed by atoms with E-state index in [1.54, 1.807) is 0 Å². The van der Waals surface area contributed by atoms with Gasteiger partial charge in [-0.25, -0.2) is 0 Å². The summed E-state index contributed by atoms with van der Waals surface area (Å²) in [6.07, 6.45) is 1.13. The summed E-state index contributed by atoms with van der Waals surface area (Å²) in [7, 11) is 3.94. The van der Waals surface area contributed by atoms with E-state index in [1.165, 1.54) is 12.1 Å². The third kappa shape index (κ3) is 3.89. The minimum atomic E-state index is -2.97. The topological polar surface area (TPSA) is 70.8 Å². The van der Waals surface area contributed by atoms with Crippen molar-refractivity contribution >= 4 is 23.0 Å². The molecule has 3 N–H and O–H groups in total. The average Bonchev–Trinajstić information content (AvgIpc) is 2.40. The number of alkyl halides is 2. The number of hydrogen-bond donors (Lipinski definition) is 2. The van der Waals surface area contributed by atoms with Gasteiger partial charge in [0.1, 0.15) is 0 Å². The molecule has 0 spiro atoms. The predicted molar refractivity (Wildman–Crippen MR) is 86.0 cm³/mol. The number of nitrogen functional groups attached to an aromatic ring is 1. The number of likely N-dealkylation sites (N-methyl/N-ethyl adjacent to an activating group) is 1. The zero-order chi connectivity index (χ0) is 17.1. The average molecular weight is 326 g/mol. The van der Waals surface area contributed by atoms with Crippen LogP contribution in [0.1, 0.15) is 0 Å². The zero-order valence-electron chi connectivity index (χ0n) is 13.1. The van der Waals surface area contributed by atoms with Crippen molar-refractivity contribution in [3.8, 4) is 5.75 Å². The summed E-state index contributed by atoms with van der Waals surface area (Å²) >= 11 is 0. The number of nitrogens with two attached hydrogens (primary N) is 1. The maximum Gasteiger partial charge on any atom is 0.387 e. The molecule has 0 atom stereocenters. The number of carbonyl (C=O) groups is 1. The molecule has 2 rings (SSSR count). The first kappa shape index (κ1) is 17.0. The third-order valence-corrected chi connectivity index (χ3v) is 3.72. The summed E-state index contributed by atoms with van der Waals surface area (Å²) in [6, 6.07) is 3.19. The second-order valence-corrected chi connectivity index (χ2v) is 5.50. The summed E-state index contributed by atoms with van der Waals surface area (Å²) in [5, 5.41) is 2.64. The van der Waals surface area contributed by atoms with Crippen LogP contribution in [0.25, 0.3) is 0 Å². The number of rotatable bonds is 6. The fraction of sp³-hybridized carbons (Fsp3) is 0.400. The number of nitrogens with zero attached hydrogens (tertiary/aromatic N) is 2. The Balaban J connectivity index is 2.31. The molecule has 0 aliphatic carbocycles. The molecule has 126 valence electrons. The van der Waals surface area contributed by atoms with Gasteiger partial charge in [-0.05, 0) is 26.2 Å². The van der Waals surface area contributed by atoms with Crippen LogP contribution in [0.3, 0.4) is 0 Å². The highest BCUT2D eigenvalue weighted by Crippen LogP contribution is 2.38. The molecule has 1 saturated heterocycles. The number of halogens is 2. The number of benzene rings is 1. The standard InChI is InChI=1S/C15H20F2N4O2/c1-4-14(22)19-11-5-10(18)13(23-15(16)17)6-12(11)21-7-9(8-21)20(2)3/h4-6,9,15H,1,7-8,18H2,2-3H3,(H,19,22). The van der Waals surface area contributed by atoms with Crippen molar-refractivity contribution in [2.45, 2.75) is 12.7 Å². The van der Waals surface area contributed by atoms with Crippen LogP contribution < -0.4 is 20.7 Å². The molecule has 1 fully saturated rings. The molecule has 1 amide bonds. The Morgan fingerprint density at radius 1 is 1.52 bits per heavy atom. The first-order valence-electron chi connectivity index (χ1n) is 7.05. The second kappa shape index (κ2) is 6.82. The van der Waals surface area contributed by atoms with Gasteiger partial charge < -0.3 is 25.6 Å². The summed E-state index contributed by atoms with van der Waals surface area (Å²) < 4.78 is 29.4. The Hall–Kier alpha value is -2.35. The summed E-state index contributed by atoms with van der Waals surface area (Å²) in [5.74, 6) is -0.516. The SMILES string of the molecule is C=CC(=O)Nc1cc(N)c(OC(F)F)cc1N1CC(N(C)C)C1. The number of anilines is 3. The first-order valence-corrected chi connectivity index (χ1v) is 7.05. The van der Waals surface area contributed by atoms with Crippen molar-refractivity contribution in [3.63, 3.8) is 0 Å². The summed E-state index contributed by atoms with van der Waals surface area (Å²) in [5.41, 5.74) is 6.78. The summed E-state index contributed by atoms with van der Waals surface area (Å²) in [6.45, 7) is 1.85. The van der Waals surface area contributed by atoms with Crippen molar-refractivity contribution in [1.82, 2.24) is 4.90 Å². The number of ether oxygens (including phenoxy) is 1. The highest BCUT2D eigenvalue weighted by Gasteiger charge is 2.31. The van der Waals surface area contributed by atoms with Crippen LogP contribution in [0.4, 0.5) is 25.8 Å². The maximum atomic E-state index is 12.5.